The lowest BCUT2D eigenvalue weighted by Crippen LogP contribution is -2.34. The zero-order chi connectivity index (χ0) is 18.2. The highest BCUT2D eigenvalue weighted by atomic mass is 32.2. The molecule has 1 aliphatic rings. The molecule has 132 valence electrons. The Morgan fingerprint density at radius 2 is 2.08 bits per heavy atom. The van der Waals surface area contributed by atoms with Gasteiger partial charge in [0.15, 0.2) is 12.4 Å². The second kappa shape index (κ2) is 6.36. The van der Waals surface area contributed by atoms with E-state index >= 15 is 0 Å². The summed E-state index contributed by atoms with van der Waals surface area (Å²) >= 11 is 0. The third-order valence-electron chi connectivity index (χ3n) is 4.06. The van der Waals surface area contributed by atoms with Gasteiger partial charge in [-0.2, -0.15) is 0 Å². The standard InChI is InChI=1S/C17H18N2O5S/c1-11-8-13-9-12(5-6-15(13)19(11)25(2,22)23)16(20)10-24-17(21)14-4-3-7-18-14/h3-7,9,11,18H,8,10H2,1-2H3/t11-/m0/s1. The van der Waals surface area contributed by atoms with E-state index in [1.807, 2.05) is 6.92 Å². The highest BCUT2D eigenvalue weighted by Gasteiger charge is 2.32. The van der Waals surface area contributed by atoms with Gasteiger partial charge in [0.1, 0.15) is 5.69 Å². The van der Waals surface area contributed by atoms with E-state index in [2.05, 4.69) is 4.98 Å². The number of hydrogen-bond donors (Lipinski definition) is 1. The number of nitrogens with one attached hydrogen (secondary N) is 1. The Hall–Kier alpha value is -2.61. The second-order valence-corrected chi connectivity index (χ2v) is 7.90. The number of rotatable bonds is 5. The van der Waals surface area contributed by atoms with E-state index < -0.39 is 16.0 Å². The molecule has 2 aromatic rings. The first kappa shape index (κ1) is 17.2. The molecule has 0 amide bonds. The summed E-state index contributed by atoms with van der Waals surface area (Å²) in [7, 11) is -3.37. The normalized spacial score (nSPS) is 16.6. The summed E-state index contributed by atoms with van der Waals surface area (Å²) in [5.74, 6) is -0.940. The van der Waals surface area contributed by atoms with Gasteiger partial charge in [-0.1, -0.05) is 0 Å². The first-order valence-electron chi connectivity index (χ1n) is 7.73. The molecule has 1 N–H and O–H groups in total. The maximum atomic E-state index is 12.3. The minimum absolute atomic E-state index is 0.193. The van der Waals surface area contributed by atoms with Gasteiger partial charge in [-0.15, -0.1) is 0 Å². The van der Waals surface area contributed by atoms with E-state index in [1.54, 1.807) is 36.5 Å². The average Bonchev–Trinajstić information content (AvgIpc) is 3.17. The number of aromatic amines is 1. The van der Waals surface area contributed by atoms with Gasteiger partial charge in [-0.3, -0.25) is 9.10 Å². The third-order valence-corrected chi connectivity index (χ3v) is 5.34. The monoisotopic (exact) mass is 362 g/mol. The van der Waals surface area contributed by atoms with Crippen molar-refractivity contribution in [2.45, 2.75) is 19.4 Å². The Balaban J connectivity index is 1.73. The fourth-order valence-electron chi connectivity index (χ4n) is 3.03. The number of sulfonamides is 1. The quantitative estimate of drug-likeness (QED) is 0.646. The van der Waals surface area contributed by atoms with Gasteiger partial charge in [-0.05, 0) is 49.2 Å². The molecule has 0 fully saturated rings. The number of esters is 1. The highest BCUT2D eigenvalue weighted by molar-refractivity contribution is 7.92. The number of ketones is 1. The van der Waals surface area contributed by atoms with Crippen LogP contribution in [0.3, 0.4) is 0 Å². The predicted molar refractivity (Wildman–Crippen MR) is 92.3 cm³/mol. The van der Waals surface area contributed by atoms with Crippen molar-refractivity contribution in [3.63, 3.8) is 0 Å². The van der Waals surface area contributed by atoms with Crippen LogP contribution in [0.4, 0.5) is 5.69 Å². The van der Waals surface area contributed by atoms with Gasteiger partial charge in [-0.25, -0.2) is 13.2 Å². The summed E-state index contributed by atoms with van der Waals surface area (Å²) in [4.78, 5) is 26.7. The molecule has 0 saturated carbocycles. The van der Waals surface area contributed by atoms with Crippen molar-refractivity contribution in [3.8, 4) is 0 Å². The van der Waals surface area contributed by atoms with E-state index in [4.69, 9.17) is 4.74 Å². The molecule has 2 heterocycles. The largest absolute Gasteiger partial charge is 0.453 e. The average molecular weight is 362 g/mol. The van der Waals surface area contributed by atoms with Crippen LogP contribution in [-0.2, 0) is 21.2 Å². The molecule has 25 heavy (non-hydrogen) atoms. The van der Waals surface area contributed by atoms with E-state index in [-0.39, 0.29) is 24.1 Å². The summed E-state index contributed by atoms with van der Waals surface area (Å²) in [6, 6.07) is 7.87. The van der Waals surface area contributed by atoms with Crippen LogP contribution in [0, 0.1) is 0 Å². The molecule has 0 radical (unpaired) electrons. The van der Waals surface area contributed by atoms with Crippen LogP contribution < -0.4 is 4.31 Å². The summed E-state index contributed by atoms with van der Waals surface area (Å²) in [5.41, 5.74) is 2.05. The number of carbonyl (C=O) groups excluding carboxylic acids is 2. The number of anilines is 1. The van der Waals surface area contributed by atoms with Gasteiger partial charge in [0.2, 0.25) is 10.0 Å². The number of H-pyrrole nitrogens is 1. The SMILES string of the molecule is C[C@H]1Cc2cc(C(=O)COC(=O)c3ccc[nH]3)ccc2N1S(C)(=O)=O. The van der Waals surface area contributed by atoms with Crippen molar-refractivity contribution < 1.29 is 22.7 Å². The highest BCUT2D eigenvalue weighted by Crippen LogP contribution is 2.34. The Bertz CT molecular complexity index is 919. The van der Waals surface area contributed by atoms with Gasteiger partial charge in [0.25, 0.3) is 0 Å². The van der Waals surface area contributed by atoms with Crippen LogP contribution in [0.1, 0.15) is 33.3 Å². The molecule has 1 aromatic heterocycles. The minimum Gasteiger partial charge on any atom is -0.453 e. The number of hydrogen-bond acceptors (Lipinski definition) is 5. The molecule has 7 nitrogen and oxygen atoms in total. The Morgan fingerprint density at radius 3 is 2.72 bits per heavy atom. The van der Waals surface area contributed by atoms with Gasteiger partial charge < -0.3 is 9.72 Å². The smallest absolute Gasteiger partial charge is 0.355 e. The number of carbonyl (C=O) groups is 2. The van der Waals surface area contributed by atoms with Gasteiger partial charge in [0.05, 0.1) is 11.9 Å². The summed E-state index contributed by atoms with van der Waals surface area (Å²) < 4.78 is 30.2. The molecule has 0 bridgehead atoms. The van der Waals surface area contributed by atoms with Crippen LogP contribution in [0.5, 0.6) is 0 Å². The van der Waals surface area contributed by atoms with E-state index in [0.717, 1.165) is 11.8 Å². The molecule has 1 atom stereocenters. The molecule has 0 unspecified atom stereocenters. The number of ether oxygens (including phenoxy) is 1. The number of nitrogens with zero attached hydrogens (tertiary/aromatic N) is 1. The maximum Gasteiger partial charge on any atom is 0.355 e. The van der Waals surface area contributed by atoms with Crippen molar-refractivity contribution >= 4 is 27.5 Å². The van der Waals surface area contributed by atoms with Crippen LogP contribution in [0.2, 0.25) is 0 Å². The number of Topliss-reactive ketones (excluding diaryl/α,β-unsaturated/α-hetero) is 1. The summed E-state index contributed by atoms with van der Waals surface area (Å²) in [6.45, 7) is 1.45. The number of fused-ring (bicyclic) bond motifs is 1. The second-order valence-electron chi connectivity index (χ2n) is 6.04. The van der Waals surface area contributed by atoms with Gasteiger partial charge >= 0.3 is 5.97 Å². The molecule has 8 heteroatoms. The van der Waals surface area contributed by atoms with E-state index in [1.165, 1.54) is 4.31 Å². The molecular formula is C17H18N2O5S. The lowest BCUT2D eigenvalue weighted by atomic mass is 10.0. The van der Waals surface area contributed by atoms with E-state index in [9.17, 15) is 18.0 Å². The first-order valence-corrected chi connectivity index (χ1v) is 9.58. The first-order chi connectivity index (χ1) is 11.8. The van der Waals surface area contributed by atoms with Crippen LogP contribution in [-0.4, -0.2) is 44.1 Å². The fourth-order valence-corrected chi connectivity index (χ4v) is 4.29. The number of benzene rings is 1. The summed E-state index contributed by atoms with van der Waals surface area (Å²) in [6.07, 6.45) is 3.29. The molecule has 1 aromatic carbocycles. The molecule has 1 aliphatic heterocycles. The van der Waals surface area contributed by atoms with Crippen LogP contribution in [0.25, 0.3) is 0 Å². The van der Waals surface area contributed by atoms with Crippen LogP contribution in [0.15, 0.2) is 36.5 Å². The van der Waals surface area contributed by atoms with Crippen molar-refractivity contribution in [1.29, 1.82) is 0 Å². The van der Waals surface area contributed by atoms with Crippen molar-refractivity contribution in [1.82, 2.24) is 4.98 Å². The van der Waals surface area contributed by atoms with Crippen LogP contribution >= 0.6 is 0 Å². The fraction of sp³-hybridized carbons (Fsp3) is 0.294. The number of aromatic nitrogens is 1. The molecule has 0 aliphatic carbocycles. The molecule has 0 spiro atoms. The zero-order valence-electron chi connectivity index (χ0n) is 13.9. The van der Waals surface area contributed by atoms with Gasteiger partial charge in [0, 0.05) is 17.8 Å². The molecule has 0 saturated heterocycles. The lowest BCUT2D eigenvalue weighted by molar-refractivity contribution is 0.0469. The minimum atomic E-state index is -3.37. The molecule has 3 rings (SSSR count). The Morgan fingerprint density at radius 1 is 1.32 bits per heavy atom. The Labute approximate surface area is 145 Å². The Kier molecular flexibility index (Phi) is 4.38. The zero-order valence-corrected chi connectivity index (χ0v) is 14.7. The van der Waals surface area contributed by atoms with Crippen molar-refractivity contribution in [2.24, 2.45) is 0 Å². The maximum absolute atomic E-state index is 12.3. The predicted octanol–water partition coefficient (Wildman–Crippen LogP) is 1.77. The van der Waals surface area contributed by atoms with Crippen molar-refractivity contribution in [2.75, 3.05) is 17.2 Å². The van der Waals surface area contributed by atoms with E-state index in [0.29, 0.717) is 17.7 Å². The summed E-state index contributed by atoms with van der Waals surface area (Å²) in [5, 5.41) is 0. The molecular weight excluding hydrogens is 344 g/mol. The topological polar surface area (TPSA) is 96.5 Å². The third kappa shape index (κ3) is 3.43. The lowest BCUT2D eigenvalue weighted by Gasteiger charge is -2.21. The van der Waals surface area contributed by atoms with Crippen molar-refractivity contribution in [3.05, 3.63) is 53.3 Å².